The Labute approximate surface area is 99.4 Å². The van der Waals surface area contributed by atoms with Gasteiger partial charge in [-0.25, -0.2) is 4.79 Å². The Bertz CT molecular complexity index is 569. The van der Waals surface area contributed by atoms with Gasteiger partial charge in [0, 0.05) is 16.9 Å². The monoisotopic (exact) mass is 233 g/mol. The largest absolute Gasteiger partial charge is 0.497 e. The molecule has 0 radical (unpaired) electrons. The van der Waals surface area contributed by atoms with Crippen molar-refractivity contribution in [1.29, 1.82) is 0 Å². The lowest BCUT2D eigenvalue weighted by Crippen LogP contribution is -2.10. The van der Waals surface area contributed by atoms with Gasteiger partial charge in [-0.3, -0.25) is 0 Å². The van der Waals surface area contributed by atoms with E-state index in [9.17, 15) is 9.90 Å². The molecule has 90 valence electrons. The second-order valence-corrected chi connectivity index (χ2v) is 4.22. The van der Waals surface area contributed by atoms with E-state index in [0.29, 0.717) is 5.69 Å². The van der Waals surface area contributed by atoms with E-state index in [-0.39, 0.29) is 6.04 Å². The summed E-state index contributed by atoms with van der Waals surface area (Å²) < 4.78 is 6.95. The average Bonchev–Trinajstić information content (AvgIpc) is 2.66. The number of nitrogens with zero attached hydrogens (tertiary/aromatic N) is 1. The number of aromatic nitrogens is 1. The minimum absolute atomic E-state index is 0.104. The molecule has 1 heterocycles. The molecule has 0 aliphatic carbocycles. The minimum atomic E-state index is -0.908. The van der Waals surface area contributed by atoms with Gasteiger partial charge in [0.05, 0.1) is 7.11 Å². The summed E-state index contributed by atoms with van der Waals surface area (Å²) in [5.41, 5.74) is 1.22. The first-order valence-corrected chi connectivity index (χ1v) is 5.47. The summed E-state index contributed by atoms with van der Waals surface area (Å²) in [5.74, 6) is -0.177. The predicted molar refractivity (Wildman–Crippen MR) is 65.8 cm³/mol. The maximum absolute atomic E-state index is 11.2. The molecule has 1 aromatic carbocycles. The molecule has 2 rings (SSSR count). The molecular weight excluding hydrogens is 218 g/mol. The number of aromatic carboxylic acids is 1. The Balaban J connectivity index is 2.74. The molecule has 4 heteroatoms. The quantitative estimate of drug-likeness (QED) is 0.886. The molecule has 0 aliphatic heterocycles. The van der Waals surface area contributed by atoms with Crippen LogP contribution in [0.25, 0.3) is 10.9 Å². The number of methoxy groups -OCH3 is 1. The molecule has 2 aromatic rings. The van der Waals surface area contributed by atoms with Gasteiger partial charge in [-0.1, -0.05) is 0 Å². The Morgan fingerprint density at radius 2 is 2.06 bits per heavy atom. The molecule has 17 heavy (non-hydrogen) atoms. The molecule has 4 nitrogen and oxygen atoms in total. The van der Waals surface area contributed by atoms with Crippen molar-refractivity contribution in [3.8, 4) is 5.75 Å². The predicted octanol–water partition coefficient (Wildman–Crippen LogP) is 2.93. The number of ether oxygens (including phenoxy) is 1. The van der Waals surface area contributed by atoms with Crippen molar-refractivity contribution in [3.05, 3.63) is 30.0 Å². The lowest BCUT2D eigenvalue weighted by molar-refractivity contribution is 0.0684. The molecule has 1 N–H and O–H groups in total. The third-order valence-corrected chi connectivity index (χ3v) is 2.78. The highest BCUT2D eigenvalue weighted by Crippen LogP contribution is 2.27. The van der Waals surface area contributed by atoms with Crippen LogP contribution in [0, 0.1) is 0 Å². The Hall–Kier alpha value is -1.97. The number of carboxylic acid groups (broad SMARTS) is 1. The molecular formula is C13H15NO3. The molecule has 0 spiro atoms. The van der Waals surface area contributed by atoms with Crippen molar-refractivity contribution in [2.24, 2.45) is 0 Å². The smallest absolute Gasteiger partial charge is 0.352 e. The summed E-state index contributed by atoms with van der Waals surface area (Å²) >= 11 is 0. The first-order chi connectivity index (χ1) is 8.04. The zero-order valence-electron chi connectivity index (χ0n) is 10.1. The van der Waals surface area contributed by atoms with E-state index in [1.165, 1.54) is 0 Å². The third-order valence-electron chi connectivity index (χ3n) is 2.78. The van der Waals surface area contributed by atoms with Crippen LogP contribution in [0.15, 0.2) is 24.3 Å². The van der Waals surface area contributed by atoms with Crippen LogP contribution in [-0.4, -0.2) is 22.8 Å². The molecule has 0 fully saturated rings. The second-order valence-electron chi connectivity index (χ2n) is 4.22. The maximum Gasteiger partial charge on any atom is 0.352 e. The molecule has 1 aromatic heterocycles. The van der Waals surface area contributed by atoms with Crippen LogP contribution in [0.3, 0.4) is 0 Å². The van der Waals surface area contributed by atoms with Gasteiger partial charge in [-0.15, -0.1) is 0 Å². The van der Waals surface area contributed by atoms with Crippen LogP contribution < -0.4 is 4.74 Å². The zero-order valence-corrected chi connectivity index (χ0v) is 10.1. The van der Waals surface area contributed by atoms with Crippen molar-refractivity contribution >= 4 is 16.9 Å². The number of hydrogen-bond acceptors (Lipinski definition) is 2. The van der Waals surface area contributed by atoms with Crippen molar-refractivity contribution in [3.63, 3.8) is 0 Å². The first-order valence-electron chi connectivity index (χ1n) is 5.47. The van der Waals surface area contributed by atoms with E-state index in [0.717, 1.165) is 16.7 Å². The molecule has 0 saturated heterocycles. The number of hydrogen-bond donors (Lipinski definition) is 1. The lowest BCUT2D eigenvalue weighted by atomic mass is 10.2. The van der Waals surface area contributed by atoms with Crippen molar-refractivity contribution < 1.29 is 14.6 Å². The second kappa shape index (κ2) is 4.13. The molecule has 0 amide bonds. The number of rotatable bonds is 3. The highest BCUT2D eigenvalue weighted by atomic mass is 16.5. The SMILES string of the molecule is COc1ccc2c(c1)cc(C(=O)O)n2C(C)C. The van der Waals surface area contributed by atoms with Gasteiger partial charge in [0.25, 0.3) is 0 Å². The van der Waals surface area contributed by atoms with Gasteiger partial charge in [0.1, 0.15) is 11.4 Å². The fourth-order valence-corrected chi connectivity index (χ4v) is 2.06. The van der Waals surface area contributed by atoms with E-state index in [4.69, 9.17) is 4.74 Å². The van der Waals surface area contributed by atoms with Crippen molar-refractivity contribution in [2.45, 2.75) is 19.9 Å². The summed E-state index contributed by atoms with van der Waals surface area (Å²) in [6.07, 6.45) is 0. The summed E-state index contributed by atoms with van der Waals surface area (Å²) in [7, 11) is 1.60. The summed E-state index contributed by atoms with van der Waals surface area (Å²) in [4.78, 5) is 11.2. The fraction of sp³-hybridized carbons (Fsp3) is 0.308. The number of benzene rings is 1. The van der Waals surface area contributed by atoms with E-state index < -0.39 is 5.97 Å². The number of carboxylic acids is 1. The average molecular weight is 233 g/mol. The van der Waals surface area contributed by atoms with Gasteiger partial charge in [-0.05, 0) is 38.1 Å². The number of fused-ring (bicyclic) bond motifs is 1. The van der Waals surface area contributed by atoms with Crippen molar-refractivity contribution in [2.75, 3.05) is 7.11 Å². The molecule has 0 aliphatic rings. The lowest BCUT2D eigenvalue weighted by Gasteiger charge is -2.12. The molecule has 0 unspecified atom stereocenters. The van der Waals surface area contributed by atoms with Gasteiger partial charge in [-0.2, -0.15) is 0 Å². The maximum atomic E-state index is 11.2. The normalized spacial score (nSPS) is 11.1. The third kappa shape index (κ3) is 1.86. The van der Waals surface area contributed by atoms with E-state index in [2.05, 4.69) is 0 Å². The van der Waals surface area contributed by atoms with Gasteiger partial charge in [0.2, 0.25) is 0 Å². The standard InChI is InChI=1S/C13H15NO3/c1-8(2)14-11-5-4-10(17-3)6-9(11)7-12(14)13(15)16/h4-8H,1-3H3,(H,15,16). The van der Waals surface area contributed by atoms with Gasteiger partial charge in [0.15, 0.2) is 0 Å². The topological polar surface area (TPSA) is 51.5 Å². The van der Waals surface area contributed by atoms with E-state index in [1.54, 1.807) is 13.2 Å². The van der Waals surface area contributed by atoms with Crippen LogP contribution in [0.4, 0.5) is 0 Å². The highest BCUT2D eigenvalue weighted by molar-refractivity contribution is 5.95. The summed E-state index contributed by atoms with van der Waals surface area (Å²) in [6.45, 7) is 3.94. The molecule has 0 bridgehead atoms. The van der Waals surface area contributed by atoms with Gasteiger partial charge >= 0.3 is 5.97 Å². The van der Waals surface area contributed by atoms with E-state index in [1.807, 2.05) is 36.6 Å². The zero-order chi connectivity index (χ0) is 12.6. The van der Waals surface area contributed by atoms with E-state index >= 15 is 0 Å². The number of carbonyl (C=O) groups is 1. The van der Waals surface area contributed by atoms with Crippen LogP contribution >= 0.6 is 0 Å². The Morgan fingerprint density at radius 3 is 2.59 bits per heavy atom. The minimum Gasteiger partial charge on any atom is -0.497 e. The van der Waals surface area contributed by atoms with Crippen LogP contribution in [0.5, 0.6) is 5.75 Å². The Morgan fingerprint density at radius 1 is 1.35 bits per heavy atom. The van der Waals surface area contributed by atoms with Crippen LogP contribution in [-0.2, 0) is 0 Å². The van der Waals surface area contributed by atoms with Crippen molar-refractivity contribution in [1.82, 2.24) is 4.57 Å². The fourth-order valence-electron chi connectivity index (χ4n) is 2.06. The molecule has 0 atom stereocenters. The summed E-state index contributed by atoms with van der Waals surface area (Å²) in [6, 6.07) is 7.36. The van der Waals surface area contributed by atoms with Gasteiger partial charge < -0.3 is 14.4 Å². The summed E-state index contributed by atoms with van der Waals surface area (Å²) in [5, 5.41) is 10.1. The first kappa shape index (κ1) is 11.5. The molecule has 0 saturated carbocycles. The highest BCUT2D eigenvalue weighted by Gasteiger charge is 2.16. The van der Waals surface area contributed by atoms with Crippen LogP contribution in [0.2, 0.25) is 0 Å². The Kier molecular flexibility index (Phi) is 2.79. The van der Waals surface area contributed by atoms with Crippen LogP contribution in [0.1, 0.15) is 30.4 Å².